The fourth-order valence-electron chi connectivity index (χ4n) is 4.12. The van der Waals surface area contributed by atoms with Crippen molar-refractivity contribution in [2.45, 2.75) is 24.9 Å². The number of hydrogen-bond acceptors (Lipinski definition) is 4. The van der Waals surface area contributed by atoms with Crippen LogP contribution in [0.2, 0.25) is 5.02 Å². The van der Waals surface area contributed by atoms with Gasteiger partial charge in [0, 0.05) is 28.3 Å². The molecule has 27 heavy (non-hydrogen) atoms. The van der Waals surface area contributed by atoms with E-state index in [9.17, 15) is 14.9 Å². The van der Waals surface area contributed by atoms with Gasteiger partial charge in [0.15, 0.2) is 0 Å². The van der Waals surface area contributed by atoms with E-state index in [4.69, 9.17) is 11.6 Å². The van der Waals surface area contributed by atoms with Crippen LogP contribution in [0.25, 0.3) is 6.08 Å². The highest BCUT2D eigenvalue weighted by atomic mass is 35.5. The van der Waals surface area contributed by atoms with Gasteiger partial charge in [-0.05, 0) is 29.3 Å². The summed E-state index contributed by atoms with van der Waals surface area (Å²) in [6.07, 6.45) is 3.64. The van der Waals surface area contributed by atoms with Gasteiger partial charge in [-0.2, -0.15) is 0 Å². The number of nitrogens with one attached hydrogen (secondary N) is 1. The number of benzene rings is 2. The third-order valence-corrected chi connectivity index (χ3v) is 5.92. The third kappa shape index (κ3) is 2.44. The second kappa shape index (κ2) is 5.82. The molecule has 1 saturated heterocycles. The highest BCUT2D eigenvalue weighted by molar-refractivity contribution is 6.32. The summed E-state index contributed by atoms with van der Waals surface area (Å²) in [4.78, 5) is 24.9. The SMILES string of the molecule is CC1(C)c2ccccc2N2CC(=O)N[C@@]21C=Cc1cc([N+](=O)[O-])ccc1Cl. The van der Waals surface area contributed by atoms with Crippen LogP contribution in [0.3, 0.4) is 0 Å². The molecule has 4 rings (SSSR count). The number of anilines is 1. The number of nitro groups is 1. The summed E-state index contributed by atoms with van der Waals surface area (Å²) in [6, 6.07) is 12.3. The topological polar surface area (TPSA) is 75.5 Å². The van der Waals surface area contributed by atoms with E-state index in [1.54, 1.807) is 6.08 Å². The number of non-ortho nitro benzene ring substituents is 1. The van der Waals surface area contributed by atoms with Crippen LogP contribution in [-0.4, -0.2) is 23.0 Å². The molecule has 0 spiro atoms. The Hall–Kier alpha value is -2.86. The predicted octanol–water partition coefficient (Wildman–Crippen LogP) is 3.89. The predicted molar refractivity (Wildman–Crippen MR) is 105 cm³/mol. The van der Waals surface area contributed by atoms with Gasteiger partial charge < -0.3 is 10.2 Å². The highest BCUT2D eigenvalue weighted by Gasteiger charge is 2.59. The van der Waals surface area contributed by atoms with Gasteiger partial charge in [-0.25, -0.2) is 0 Å². The number of carbonyl (C=O) groups excluding carboxylic acids is 1. The van der Waals surface area contributed by atoms with Crippen LogP contribution in [0.5, 0.6) is 0 Å². The van der Waals surface area contributed by atoms with Crippen molar-refractivity contribution in [3.05, 3.63) is 74.8 Å². The van der Waals surface area contributed by atoms with Crippen molar-refractivity contribution in [1.29, 1.82) is 0 Å². The van der Waals surface area contributed by atoms with Crippen molar-refractivity contribution in [2.75, 3.05) is 11.4 Å². The number of fused-ring (bicyclic) bond motifs is 3. The van der Waals surface area contributed by atoms with Crippen molar-refractivity contribution in [2.24, 2.45) is 0 Å². The minimum Gasteiger partial charge on any atom is -0.335 e. The normalized spacial score (nSPS) is 22.6. The molecular weight excluding hydrogens is 366 g/mol. The second-order valence-electron chi connectivity index (χ2n) is 7.34. The third-order valence-electron chi connectivity index (χ3n) is 5.57. The van der Waals surface area contributed by atoms with Crippen LogP contribution in [0.15, 0.2) is 48.5 Å². The Morgan fingerprint density at radius 3 is 2.74 bits per heavy atom. The van der Waals surface area contributed by atoms with Gasteiger partial charge in [0.1, 0.15) is 5.66 Å². The summed E-state index contributed by atoms with van der Waals surface area (Å²) in [5.41, 5.74) is 1.49. The van der Waals surface area contributed by atoms with Crippen molar-refractivity contribution in [1.82, 2.24) is 5.32 Å². The van der Waals surface area contributed by atoms with Crippen LogP contribution in [0.1, 0.15) is 25.0 Å². The molecule has 0 saturated carbocycles. The molecule has 1 amide bonds. The Kier molecular flexibility index (Phi) is 3.78. The Balaban J connectivity index is 1.83. The summed E-state index contributed by atoms with van der Waals surface area (Å²) >= 11 is 6.24. The number of amides is 1. The highest BCUT2D eigenvalue weighted by Crippen LogP contribution is 2.52. The maximum absolute atomic E-state index is 12.3. The molecule has 0 aliphatic carbocycles. The van der Waals surface area contributed by atoms with E-state index in [-0.39, 0.29) is 18.1 Å². The number of nitrogens with zero attached hydrogens (tertiary/aromatic N) is 2. The molecule has 0 unspecified atom stereocenters. The van der Waals surface area contributed by atoms with Crippen molar-refractivity contribution in [3.63, 3.8) is 0 Å². The zero-order valence-electron chi connectivity index (χ0n) is 14.9. The minimum atomic E-state index is -0.762. The van der Waals surface area contributed by atoms with E-state index in [1.807, 2.05) is 29.2 Å². The molecule has 1 atom stereocenters. The van der Waals surface area contributed by atoms with Crippen LogP contribution in [0.4, 0.5) is 11.4 Å². The number of halogens is 1. The summed E-state index contributed by atoms with van der Waals surface area (Å²) in [5.74, 6) is -0.0626. The first kappa shape index (κ1) is 17.5. The van der Waals surface area contributed by atoms with Gasteiger partial charge >= 0.3 is 0 Å². The van der Waals surface area contributed by atoms with Crippen molar-refractivity contribution in [3.8, 4) is 0 Å². The zero-order valence-corrected chi connectivity index (χ0v) is 15.7. The first-order chi connectivity index (χ1) is 12.8. The molecule has 2 aliphatic rings. The minimum absolute atomic E-state index is 0.0298. The average Bonchev–Trinajstić information content (AvgIpc) is 3.06. The molecule has 0 radical (unpaired) electrons. The van der Waals surface area contributed by atoms with E-state index in [2.05, 4.69) is 25.2 Å². The fraction of sp³-hybridized carbons (Fsp3) is 0.250. The van der Waals surface area contributed by atoms with Gasteiger partial charge in [-0.3, -0.25) is 14.9 Å². The molecule has 2 aromatic rings. The zero-order chi connectivity index (χ0) is 19.4. The fourth-order valence-corrected chi connectivity index (χ4v) is 4.30. The van der Waals surface area contributed by atoms with Gasteiger partial charge in [0.2, 0.25) is 5.91 Å². The first-order valence-electron chi connectivity index (χ1n) is 8.57. The Bertz CT molecular complexity index is 1000. The first-order valence-corrected chi connectivity index (χ1v) is 8.95. The molecule has 1 N–H and O–H groups in total. The maximum atomic E-state index is 12.3. The number of carbonyl (C=O) groups is 1. The Labute approximate surface area is 161 Å². The molecule has 2 aromatic carbocycles. The average molecular weight is 384 g/mol. The monoisotopic (exact) mass is 383 g/mol. The lowest BCUT2D eigenvalue weighted by Crippen LogP contribution is -2.58. The van der Waals surface area contributed by atoms with Crippen LogP contribution < -0.4 is 10.2 Å². The van der Waals surface area contributed by atoms with E-state index < -0.39 is 16.0 Å². The number of nitro benzene ring substituents is 1. The lowest BCUT2D eigenvalue weighted by molar-refractivity contribution is -0.384. The van der Waals surface area contributed by atoms with Crippen LogP contribution in [0, 0.1) is 10.1 Å². The number of hydrogen-bond donors (Lipinski definition) is 1. The van der Waals surface area contributed by atoms with E-state index in [1.165, 1.54) is 18.2 Å². The van der Waals surface area contributed by atoms with Gasteiger partial charge in [0.25, 0.3) is 5.69 Å². The lowest BCUT2D eigenvalue weighted by atomic mass is 9.75. The molecular formula is C20H18ClN3O3. The molecule has 2 heterocycles. The summed E-state index contributed by atoms with van der Waals surface area (Å²) < 4.78 is 0. The molecule has 7 heteroatoms. The molecule has 0 aromatic heterocycles. The smallest absolute Gasteiger partial charge is 0.270 e. The Morgan fingerprint density at radius 2 is 2.00 bits per heavy atom. The second-order valence-corrected chi connectivity index (χ2v) is 7.75. The van der Waals surface area contributed by atoms with Crippen molar-refractivity contribution >= 4 is 35.0 Å². The Morgan fingerprint density at radius 1 is 1.26 bits per heavy atom. The van der Waals surface area contributed by atoms with Gasteiger partial charge in [-0.1, -0.05) is 49.7 Å². The quantitative estimate of drug-likeness (QED) is 0.644. The van der Waals surface area contributed by atoms with Crippen LogP contribution >= 0.6 is 11.6 Å². The summed E-state index contributed by atoms with van der Waals surface area (Å²) in [5, 5.41) is 14.6. The molecule has 2 aliphatic heterocycles. The molecule has 1 fully saturated rings. The largest absolute Gasteiger partial charge is 0.335 e. The standard InChI is InChI=1S/C20H18ClN3O3/c1-19(2)15-5-3-4-6-17(15)23-12-18(25)22-20(19,23)10-9-13-11-14(24(26)27)7-8-16(13)21/h3-11H,12H2,1-2H3,(H,22,25)/t20-/m0/s1. The summed E-state index contributed by atoms with van der Waals surface area (Å²) in [6.45, 7) is 4.42. The number of para-hydroxylation sites is 1. The van der Waals surface area contributed by atoms with E-state index >= 15 is 0 Å². The van der Waals surface area contributed by atoms with Gasteiger partial charge in [0.05, 0.1) is 11.5 Å². The van der Waals surface area contributed by atoms with Gasteiger partial charge in [-0.15, -0.1) is 0 Å². The van der Waals surface area contributed by atoms with E-state index in [0.29, 0.717) is 10.6 Å². The molecule has 138 valence electrons. The van der Waals surface area contributed by atoms with E-state index in [0.717, 1.165) is 11.3 Å². The summed E-state index contributed by atoms with van der Waals surface area (Å²) in [7, 11) is 0. The molecule has 0 bridgehead atoms. The molecule has 6 nitrogen and oxygen atoms in total. The van der Waals surface area contributed by atoms with Crippen molar-refractivity contribution < 1.29 is 9.72 Å². The number of rotatable bonds is 3. The maximum Gasteiger partial charge on any atom is 0.270 e. The lowest BCUT2D eigenvalue weighted by Gasteiger charge is -2.40. The van der Waals surface area contributed by atoms with Crippen LogP contribution in [-0.2, 0) is 10.2 Å².